The first-order chi connectivity index (χ1) is 39.7. The number of rotatable bonds is 4. The summed E-state index contributed by atoms with van der Waals surface area (Å²) in [5.41, 5.74) is 12.4. The molecule has 0 fully saturated rings. The van der Waals surface area contributed by atoms with Crippen LogP contribution >= 0.6 is 0 Å². The fraction of sp³-hybridized carbons (Fsp3) is 0.329. The van der Waals surface area contributed by atoms with E-state index in [0.29, 0.717) is 22.6 Å². The average Bonchev–Trinajstić information content (AvgIpc) is 1.46. The number of hydrogen-bond donors (Lipinski definition) is 0. The lowest BCUT2D eigenvalue weighted by Crippen LogP contribution is -2.71. The smallest absolute Gasteiger partial charge is 0.410 e. The van der Waals surface area contributed by atoms with Crippen LogP contribution in [0.5, 0.6) is 5.75 Å². The van der Waals surface area contributed by atoms with Gasteiger partial charge in [-0.15, -0.1) is 4.57 Å². The van der Waals surface area contributed by atoms with Crippen LogP contribution in [-0.2, 0) is 32.9 Å². The summed E-state index contributed by atoms with van der Waals surface area (Å²) in [7, 11) is 0. The Labute approximate surface area is 458 Å². The highest BCUT2D eigenvalue weighted by atomic mass is 16.5. The lowest BCUT2D eigenvalue weighted by molar-refractivity contribution is -0.774. The molecule has 0 aliphatic carbocycles. The molecule has 4 heteroatoms. The Hall–Kier alpha value is -6.91. The van der Waals surface area contributed by atoms with Crippen molar-refractivity contribution in [1.29, 1.82) is 0 Å². The molecule has 7 aromatic carbocycles. The van der Waals surface area contributed by atoms with E-state index in [-0.39, 0.29) is 27.4 Å². The number of benzene rings is 7. The molecule has 4 aliphatic heterocycles. The highest BCUT2D eigenvalue weighted by Gasteiger charge is 2.70. The van der Waals surface area contributed by atoms with Gasteiger partial charge in [0, 0.05) is 56.5 Å². The summed E-state index contributed by atoms with van der Waals surface area (Å²) < 4.78 is 115. The highest BCUT2D eigenvalue weighted by Crippen LogP contribution is 2.68. The number of hydrogen-bond acceptors (Lipinski definition) is 3. The molecular weight excluding hydrogens is 899 g/mol. The molecule has 0 radical (unpaired) electrons. The van der Waals surface area contributed by atoms with Crippen molar-refractivity contribution in [1.82, 2.24) is 0 Å². The van der Waals surface area contributed by atoms with Gasteiger partial charge in [-0.3, -0.25) is 0 Å². The topological polar surface area (TPSA) is 19.6 Å². The van der Waals surface area contributed by atoms with Crippen molar-refractivity contribution in [2.45, 2.75) is 150 Å². The molecule has 2 atom stereocenters. The number of nitrogens with zero attached hydrogens (tertiary/aromatic N) is 3. The molecule has 0 saturated carbocycles. The first-order valence-corrected chi connectivity index (χ1v) is 26.0. The quantitative estimate of drug-likeness (QED) is 0.164. The summed E-state index contributed by atoms with van der Waals surface area (Å²) in [6.07, 6.45) is 1.32. The average molecular weight is 985 g/mol. The molecule has 0 amide bonds. The van der Waals surface area contributed by atoms with E-state index in [0.717, 1.165) is 89.4 Å². The summed E-state index contributed by atoms with van der Waals surface area (Å²) >= 11 is 0. The Bertz CT molecular complexity index is 4060. The maximum Gasteiger partial charge on any atom is 0.432 e. The summed E-state index contributed by atoms with van der Waals surface area (Å²) in [4.78, 5) is 4.63. The summed E-state index contributed by atoms with van der Waals surface area (Å²) in [6, 6.07) is 47.9. The normalized spacial score (nSPS) is 20.5. The largest absolute Gasteiger partial charge is 0.432 e. The zero-order valence-corrected chi connectivity index (χ0v) is 44.8. The van der Waals surface area contributed by atoms with Crippen LogP contribution in [0.2, 0.25) is 0 Å². The second-order valence-corrected chi connectivity index (χ2v) is 25.2. The van der Waals surface area contributed by atoms with Crippen molar-refractivity contribution >= 4 is 17.1 Å². The predicted octanol–water partition coefficient (Wildman–Crippen LogP) is 18.1. The molecule has 2 unspecified atom stereocenters. The van der Waals surface area contributed by atoms with Gasteiger partial charge in [0.25, 0.3) is 0 Å². The minimum atomic E-state index is -3.41. The number of fused-ring (bicyclic) bond motifs is 5. The van der Waals surface area contributed by atoms with E-state index >= 15 is 0 Å². The van der Waals surface area contributed by atoms with Crippen LogP contribution in [0.3, 0.4) is 0 Å². The molecule has 12 rings (SSSR count). The van der Waals surface area contributed by atoms with Gasteiger partial charge in [0.05, 0.1) is 16.9 Å². The number of pyridine rings is 1. The number of para-hydroxylation sites is 1. The molecule has 4 nitrogen and oxygen atoms in total. The van der Waals surface area contributed by atoms with Gasteiger partial charge in [-0.05, 0) is 132 Å². The Morgan fingerprint density at radius 1 is 0.500 bits per heavy atom. The lowest BCUT2D eigenvalue weighted by Gasteiger charge is -2.49. The van der Waals surface area contributed by atoms with E-state index in [1.807, 2.05) is 42.6 Å². The minimum absolute atomic E-state index is 0.206. The Balaban J connectivity index is 1.15. The van der Waals surface area contributed by atoms with Gasteiger partial charge in [-0.2, -0.15) is 0 Å². The fourth-order valence-corrected chi connectivity index (χ4v) is 12.2. The van der Waals surface area contributed by atoms with Crippen LogP contribution in [0.15, 0.2) is 152 Å². The van der Waals surface area contributed by atoms with E-state index in [1.165, 1.54) is 12.1 Å². The number of aromatic nitrogens is 1. The third-order valence-electron chi connectivity index (χ3n) is 16.0. The second kappa shape index (κ2) is 15.8. The monoisotopic (exact) mass is 985 g/mol. The molecule has 0 saturated heterocycles. The van der Waals surface area contributed by atoms with E-state index in [1.54, 1.807) is 12.1 Å². The van der Waals surface area contributed by atoms with Crippen molar-refractivity contribution in [2.75, 3.05) is 9.80 Å². The van der Waals surface area contributed by atoms with E-state index in [9.17, 15) is 4.11 Å². The van der Waals surface area contributed by atoms with E-state index in [2.05, 4.69) is 182 Å². The molecule has 0 bridgehead atoms. The SMILES string of the molecule is [2H]C([2H])([2H])c1cc(-c2c(-c3ccccc3)cccc2C(C)(C)C)ccc1N1c2cccc3c2N2C1c1cc(C(C)(C)C)cc(C(C)(C)C)c1OC21c2c-3cc(C(C)(C)C)cc2-c2cc(-c3ccc(C(C([2H])([2H])[2H])(C([2H])([2H])[2H])C([2H])([2H])[2H])cc3)cc[n+]21. The summed E-state index contributed by atoms with van der Waals surface area (Å²) in [5, 5.41) is 0. The molecule has 0 N–H and O–H groups in total. The standard InChI is InChI=1S/C70H74N3O/c1-42-36-46(60-50(44-22-18-17-19-23-44)24-20-26-55(60)68(11,12)13)30-33-57(42)72-58-27-21-25-51-52-38-48(66(5,6)7)39-53-59-37-45(43-28-31-47(32-29-43)65(2,3)4)34-35-71(59)70(61(52)53)73(62(51)58)64(72)54-40-49(67(8,9)10)41-56(63(54)74-70)69(14,15)16/h17-41,64H,1-16H3/q+1/i1D3,2D3,3D3,4D3. The van der Waals surface area contributed by atoms with Crippen LogP contribution in [0.1, 0.15) is 171 Å². The van der Waals surface area contributed by atoms with Crippen LogP contribution in [0, 0.1) is 6.85 Å². The van der Waals surface area contributed by atoms with Gasteiger partial charge in [-0.1, -0.05) is 201 Å². The molecular formula is C70H74N3O+. The molecule has 5 heterocycles. The zero-order chi connectivity index (χ0) is 62.4. The lowest BCUT2D eigenvalue weighted by atomic mass is 9.77. The van der Waals surface area contributed by atoms with Gasteiger partial charge in [0.1, 0.15) is 17.5 Å². The van der Waals surface area contributed by atoms with Crippen molar-refractivity contribution in [2.24, 2.45) is 0 Å². The molecule has 1 spiro atoms. The fourth-order valence-electron chi connectivity index (χ4n) is 12.2. The van der Waals surface area contributed by atoms with Crippen LogP contribution in [0.4, 0.5) is 17.1 Å². The molecule has 8 aromatic rings. The Morgan fingerprint density at radius 3 is 1.84 bits per heavy atom. The summed E-state index contributed by atoms with van der Waals surface area (Å²) in [6.45, 7) is 13.6. The Morgan fingerprint density at radius 2 is 1.16 bits per heavy atom. The first kappa shape index (κ1) is 36.1. The van der Waals surface area contributed by atoms with Crippen molar-refractivity contribution < 1.29 is 25.8 Å². The van der Waals surface area contributed by atoms with Crippen LogP contribution < -0.4 is 19.1 Å². The maximum absolute atomic E-state index is 9.59. The maximum atomic E-state index is 9.59. The minimum Gasteiger partial charge on any atom is -0.410 e. The van der Waals surface area contributed by atoms with Crippen molar-refractivity contribution in [3.05, 3.63) is 196 Å². The van der Waals surface area contributed by atoms with Gasteiger partial charge in [0.2, 0.25) is 5.69 Å². The number of anilines is 3. The van der Waals surface area contributed by atoms with E-state index in [4.69, 9.17) is 17.1 Å². The predicted molar refractivity (Wildman–Crippen MR) is 310 cm³/mol. The number of aryl methyl sites for hydroxylation is 1. The van der Waals surface area contributed by atoms with Gasteiger partial charge in [0.15, 0.2) is 6.20 Å². The van der Waals surface area contributed by atoms with Crippen LogP contribution in [0.25, 0.3) is 55.8 Å². The number of ether oxygens (including phenoxy) is 1. The highest BCUT2D eigenvalue weighted by molar-refractivity contribution is 6.02. The first-order valence-electron chi connectivity index (χ1n) is 32.0. The molecule has 74 heavy (non-hydrogen) atoms. The van der Waals surface area contributed by atoms with Gasteiger partial charge in [-0.25, -0.2) is 4.90 Å². The second-order valence-electron chi connectivity index (χ2n) is 25.2. The Kier molecular flexibility index (Phi) is 7.71. The van der Waals surface area contributed by atoms with Gasteiger partial charge >= 0.3 is 5.85 Å². The summed E-state index contributed by atoms with van der Waals surface area (Å²) in [5.74, 6) is -0.725. The van der Waals surface area contributed by atoms with E-state index < -0.39 is 50.3 Å². The third-order valence-corrected chi connectivity index (χ3v) is 16.0. The molecule has 374 valence electrons. The van der Waals surface area contributed by atoms with Crippen molar-refractivity contribution in [3.63, 3.8) is 0 Å². The van der Waals surface area contributed by atoms with Crippen LogP contribution in [-0.4, -0.2) is 0 Å². The van der Waals surface area contributed by atoms with Crippen molar-refractivity contribution in [3.8, 4) is 61.5 Å². The molecule has 4 aliphatic rings. The molecule has 1 aromatic heterocycles. The zero-order valence-electron chi connectivity index (χ0n) is 56.8. The van der Waals surface area contributed by atoms with Gasteiger partial charge < -0.3 is 9.64 Å². The third kappa shape index (κ3) is 7.10.